The number of para-hydroxylation sites is 1. The van der Waals surface area contributed by atoms with Gasteiger partial charge in [-0.1, -0.05) is 67.6 Å². The van der Waals surface area contributed by atoms with E-state index in [0.717, 1.165) is 61.8 Å². The summed E-state index contributed by atoms with van der Waals surface area (Å²) >= 11 is 0. The van der Waals surface area contributed by atoms with E-state index in [-0.39, 0.29) is 42.3 Å². The van der Waals surface area contributed by atoms with Crippen molar-refractivity contribution in [2.75, 3.05) is 19.6 Å². The summed E-state index contributed by atoms with van der Waals surface area (Å²) in [4.78, 5) is 51.4. The molecule has 0 bridgehead atoms. The number of alkyl halides is 3. The van der Waals surface area contributed by atoms with Crippen molar-refractivity contribution in [3.8, 4) is 11.1 Å². The molecule has 4 N–H and O–H groups in total. The van der Waals surface area contributed by atoms with Crippen molar-refractivity contribution in [2.24, 2.45) is 0 Å². The highest BCUT2D eigenvalue weighted by atomic mass is 19.4. The third-order valence-corrected chi connectivity index (χ3v) is 10.5. The lowest BCUT2D eigenvalue weighted by atomic mass is 10.00. The first-order valence-corrected chi connectivity index (χ1v) is 19.1. The highest BCUT2D eigenvalue weighted by molar-refractivity contribution is 5.84. The molecule has 1 aliphatic heterocycles. The predicted molar refractivity (Wildman–Crippen MR) is 212 cm³/mol. The van der Waals surface area contributed by atoms with E-state index in [9.17, 15) is 41.1 Å². The first-order valence-electron chi connectivity index (χ1n) is 19.1. The Hall–Kier alpha value is -5.97. The van der Waals surface area contributed by atoms with Gasteiger partial charge >= 0.3 is 18.1 Å². The zero-order valence-electron chi connectivity index (χ0n) is 32.5. The van der Waals surface area contributed by atoms with E-state index in [1.54, 1.807) is 24.3 Å². The number of carbonyl (C=O) groups excluding carboxylic acids is 1. The SMILES string of the molecule is CCN1CCC(N(Cc2ccc(-c3ccc(C(F)(F)F)cc3)cc2)C(=O)Cn2c(CCc3cccc(F)c3F)cc(=O)c3ccccc32)CC1.O=C(O)C(O)C(O)C(=O)O. The molecule has 1 amide bonds. The van der Waals surface area contributed by atoms with Gasteiger partial charge in [0.1, 0.15) is 6.54 Å². The summed E-state index contributed by atoms with van der Waals surface area (Å²) in [7, 11) is 0. The molecule has 11 nitrogen and oxygen atoms in total. The van der Waals surface area contributed by atoms with Crippen molar-refractivity contribution in [1.82, 2.24) is 14.4 Å². The molecule has 5 aromatic rings. The number of carboxylic acid groups (broad SMARTS) is 2. The molecule has 0 saturated carbocycles. The van der Waals surface area contributed by atoms with Gasteiger partial charge < -0.3 is 34.8 Å². The van der Waals surface area contributed by atoms with E-state index in [4.69, 9.17) is 20.4 Å². The number of hydrogen-bond acceptors (Lipinski definition) is 7. The van der Waals surface area contributed by atoms with Crippen LogP contribution in [-0.4, -0.2) is 90.5 Å². The number of carbonyl (C=O) groups is 3. The molecule has 1 saturated heterocycles. The molecular weight excluding hydrogens is 793 g/mol. The van der Waals surface area contributed by atoms with Crippen LogP contribution in [0.3, 0.4) is 0 Å². The standard InChI is InChI=1S/C40H38F5N3O2.C4H6O6/c1-2-46-22-20-32(21-23-46)48(25-27-10-12-28(13-11-27)29-14-17-31(18-15-29)40(43,44)45)38(50)26-47-33(19-16-30-6-5-8-35(41)39(30)42)24-37(49)34-7-3-4-9-36(34)47;5-1(3(7)8)2(6)4(9)10/h3-15,17-18,24,32H,2,16,19-23,25-26H2,1H3;1-2,5-6H,(H,7,8)(H,9,10). The Bertz CT molecular complexity index is 2330. The molecule has 318 valence electrons. The van der Waals surface area contributed by atoms with Crippen molar-refractivity contribution in [1.29, 1.82) is 0 Å². The fourth-order valence-corrected chi connectivity index (χ4v) is 7.09. The van der Waals surface area contributed by atoms with Crippen molar-refractivity contribution in [3.63, 3.8) is 0 Å². The Morgan fingerprint density at radius 1 is 0.800 bits per heavy atom. The number of aryl methyl sites for hydroxylation is 2. The summed E-state index contributed by atoms with van der Waals surface area (Å²) in [6, 6.07) is 25.0. The Balaban J connectivity index is 0.000000606. The molecule has 1 fully saturated rings. The maximum atomic E-state index is 14.6. The quantitative estimate of drug-likeness (QED) is 0.102. The first kappa shape index (κ1) is 45.1. The molecule has 2 heterocycles. The van der Waals surface area contributed by atoms with Gasteiger partial charge in [0.25, 0.3) is 0 Å². The van der Waals surface area contributed by atoms with Crippen LogP contribution in [0, 0.1) is 11.6 Å². The van der Waals surface area contributed by atoms with Gasteiger partial charge in [0.15, 0.2) is 29.3 Å². The highest BCUT2D eigenvalue weighted by Crippen LogP contribution is 2.31. The molecule has 1 aromatic heterocycles. The van der Waals surface area contributed by atoms with Crippen LogP contribution in [-0.2, 0) is 46.5 Å². The zero-order chi connectivity index (χ0) is 43.7. The Morgan fingerprint density at radius 3 is 1.95 bits per heavy atom. The number of benzene rings is 4. The fraction of sp³-hybridized carbons (Fsp3) is 0.318. The number of nitrogens with zero attached hydrogens (tertiary/aromatic N) is 3. The van der Waals surface area contributed by atoms with Crippen LogP contribution in [0.1, 0.15) is 42.1 Å². The van der Waals surface area contributed by atoms with E-state index in [0.29, 0.717) is 28.7 Å². The smallest absolute Gasteiger partial charge is 0.416 e. The number of hydrogen-bond donors (Lipinski definition) is 4. The van der Waals surface area contributed by atoms with Gasteiger partial charge in [-0.3, -0.25) is 9.59 Å². The number of pyridine rings is 1. The van der Waals surface area contributed by atoms with Gasteiger partial charge in [-0.25, -0.2) is 18.4 Å². The molecule has 2 atom stereocenters. The van der Waals surface area contributed by atoms with E-state index in [1.165, 1.54) is 30.3 Å². The number of aliphatic carboxylic acids is 2. The second kappa shape index (κ2) is 19.9. The molecule has 1 aliphatic rings. The largest absolute Gasteiger partial charge is 0.479 e. The second-order valence-electron chi connectivity index (χ2n) is 14.3. The Labute approximate surface area is 341 Å². The first-order chi connectivity index (χ1) is 28.5. The van der Waals surface area contributed by atoms with Crippen LogP contribution < -0.4 is 5.43 Å². The van der Waals surface area contributed by atoms with E-state index >= 15 is 0 Å². The lowest BCUT2D eigenvalue weighted by Crippen LogP contribution is -2.48. The van der Waals surface area contributed by atoms with Gasteiger partial charge in [0.05, 0.1) is 11.1 Å². The minimum Gasteiger partial charge on any atom is -0.479 e. The van der Waals surface area contributed by atoms with Crippen LogP contribution in [0.5, 0.6) is 0 Å². The fourth-order valence-electron chi connectivity index (χ4n) is 7.09. The molecule has 4 aromatic carbocycles. The van der Waals surface area contributed by atoms with Gasteiger partial charge in [-0.2, -0.15) is 13.2 Å². The number of carboxylic acids is 2. The predicted octanol–water partition coefficient (Wildman–Crippen LogP) is 6.14. The third-order valence-electron chi connectivity index (χ3n) is 10.5. The van der Waals surface area contributed by atoms with Crippen molar-refractivity contribution >= 4 is 28.7 Å². The number of amides is 1. The minimum absolute atomic E-state index is 0.0321. The molecule has 0 radical (unpaired) electrons. The van der Waals surface area contributed by atoms with Crippen LogP contribution >= 0.6 is 0 Å². The average Bonchev–Trinajstić information content (AvgIpc) is 3.24. The van der Waals surface area contributed by atoms with E-state index in [2.05, 4.69) is 11.8 Å². The monoisotopic (exact) mass is 837 g/mol. The molecule has 0 spiro atoms. The summed E-state index contributed by atoms with van der Waals surface area (Å²) < 4.78 is 69.5. The van der Waals surface area contributed by atoms with Crippen molar-refractivity contribution in [3.05, 3.63) is 141 Å². The number of halogens is 5. The summed E-state index contributed by atoms with van der Waals surface area (Å²) in [5, 5.41) is 33.0. The number of aromatic nitrogens is 1. The number of piperidine rings is 1. The van der Waals surface area contributed by atoms with Crippen LogP contribution in [0.25, 0.3) is 22.0 Å². The summed E-state index contributed by atoms with van der Waals surface area (Å²) in [5.74, 6) is -5.54. The summed E-state index contributed by atoms with van der Waals surface area (Å²) in [6.07, 6.45) is -7.00. The van der Waals surface area contributed by atoms with Gasteiger partial charge in [-0.05, 0) is 84.8 Å². The zero-order valence-corrected chi connectivity index (χ0v) is 32.5. The molecule has 0 aliphatic carbocycles. The molecule has 60 heavy (non-hydrogen) atoms. The number of fused-ring (bicyclic) bond motifs is 1. The number of likely N-dealkylation sites (tertiary alicyclic amines) is 1. The molecular formula is C44H44F5N3O8. The van der Waals surface area contributed by atoms with Gasteiger partial charge in [0, 0.05) is 42.8 Å². The molecule has 2 unspecified atom stereocenters. The van der Waals surface area contributed by atoms with Crippen LogP contribution in [0.15, 0.2) is 102 Å². The Kier molecular flexibility index (Phi) is 14.9. The summed E-state index contributed by atoms with van der Waals surface area (Å²) in [6.45, 7) is 5.00. The van der Waals surface area contributed by atoms with Crippen LogP contribution in [0.4, 0.5) is 22.0 Å². The van der Waals surface area contributed by atoms with Gasteiger partial charge in [0.2, 0.25) is 5.91 Å². The van der Waals surface area contributed by atoms with Crippen molar-refractivity contribution < 1.29 is 56.8 Å². The maximum absolute atomic E-state index is 14.6. The van der Waals surface area contributed by atoms with Crippen LogP contribution in [0.2, 0.25) is 0 Å². The number of rotatable bonds is 13. The average molecular weight is 838 g/mol. The number of aliphatic hydroxyl groups is 2. The maximum Gasteiger partial charge on any atom is 0.416 e. The highest BCUT2D eigenvalue weighted by Gasteiger charge is 2.31. The van der Waals surface area contributed by atoms with E-state index in [1.807, 2.05) is 33.7 Å². The van der Waals surface area contributed by atoms with Gasteiger partial charge in [-0.15, -0.1) is 0 Å². The second-order valence-corrected chi connectivity index (χ2v) is 14.3. The normalized spacial score (nSPS) is 14.5. The van der Waals surface area contributed by atoms with E-state index < -0.39 is 47.5 Å². The topological polar surface area (TPSA) is 161 Å². The Morgan fingerprint density at radius 2 is 1.38 bits per heavy atom. The third kappa shape index (κ3) is 11.2. The molecule has 6 rings (SSSR count). The lowest BCUT2D eigenvalue weighted by Gasteiger charge is -2.38. The molecule has 16 heteroatoms. The minimum atomic E-state index is -4.41. The number of aliphatic hydroxyl groups excluding tert-OH is 2. The van der Waals surface area contributed by atoms with Crippen molar-refractivity contribution in [2.45, 2.75) is 70.1 Å². The summed E-state index contributed by atoms with van der Waals surface area (Å²) in [5.41, 5.74) is 2.69. The lowest BCUT2D eigenvalue weighted by molar-refractivity contribution is -0.165.